The van der Waals surface area contributed by atoms with Gasteiger partial charge in [-0.25, -0.2) is 9.78 Å². The van der Waals surface area contributed by atoms with Crippen LogP contribution in [0.2, 0.25) is 0 Å². The molecule has 3 aromatic rings. The summed E-state index contributed by atoms with van der Waals surface area (Å²) in [5, 5.41) is 0. The molecule has 28 heavy (non-hydrogen) atoms. The molecule has 2 aromatic heterocycles. The number of benzene rings is 1. The normalized spacial score (nSPS) is 15.5. The fourth-order valence-corrected chi connectivity index (χ4v) is 3.33. The molecule has 1 fully saturated rings. The Balaban J connectivity index is 1.79. The molecule has 0 saturated carbocycles. The lowest BCUT2D eigenvalue weighted by molar-refractivity contribution is -0.138. The second-order valence-corrected chi connectivity index (χ2v) is 6.83. The third kappa shape index (κ3) is 3.06. The number of nitrogens with one attached hydrogen (secondary N) is 1. The average molecular weight is 390 g/mol. The van der Waals surface area contributed by atoms with Gasteiger partial charge in [-0.2, -0.15) is 13.2 Å². The highest BCUT2D eigenvalue weighted by Gasteiger charge is 2.31. The highest BCUT2D eigenvalue weighted by Crippen LogP contribution is 2.32. The first-order chi connectivity index (χ1) is 13.3. The van der Waals surface area contributed by atoms with E-state index >= 15 is 0 Å². The number of aromatic amines is 1. The van der Waals surface area contributed by atoms with Gasteiger partial charge in [0.05, 0.1) is 11.1 Å². The topological polar surface area (TPSA) is 71.0 Å². The summed E-state index contributed by atoms with van der Waals surface area (Å²) in [6, 6.07) is 5.74. The largest absolute Gasteiger partial charge is 0.416 e. The van der Waals surface area contributed by atoms with Gasteiger partial charge in [-0.05, 0) is 37.1 Å². The molecule has 3 heterocycles. The van der Waals surface area contributed by atoms with Gasteiger partial charge in [-0.15, -0.1) is 0 Å². The maximum absolute atomic E-state index is 13.0. The van der Waals surface area contributed by atoms with Gasteiger partial charge in [0.1, 0.15) is 6.04 Å². The van der Waals surface area contributed by atoms with Crippen molar-refractivity contribution >= 4 is 17.1 Å². The fraction of sp³-hybridized carbons (Fsp3) is 0.316. The van der Waals surface area contributed by atoms with E-state index in [1.165, 1.54) is 16.8 Å². The van der Waals surface area contributed by atoms with Crippen LogP contribution in [0.5, 0.6) is 0 Å². The number of nitrogens with zero attached hydrogens (tertiary/aromatic N) is 3. The van der Waals surface area contributed by atoms with Gasteiger partial charge in [-0.1, -0.05) is 12.1 Å². The Morgan fingerprint density at radius 3 is 2.61 bits per heavy atom. The predicted molar refractivity (Wildman–Crippen MR) is 96.7 cm³/mol. The fourth-order valence-electron chi connectivity index (χ4n) is 3.33. The molecular weight excluding hydrogens is 373 g/mol. The minimum atomic E-state index is -4.46. The van der Waals surface area contributed by atoms with E-state index in [-0.39, 0.29) is 11.6 Å². The summed E-state index contributed by atoms with van der Waals surface area (Å²) >= 11 is 0. The number of halogens is 3. The molecular formula is C19H17F3N4O2. The van der Waals surface area contributed by atoms with E-state index in [0.29, 0.717) is 29.7 Å². The molecule has 1 aliphatic rings. The van der Waals surface area contributed by atoms with Crippen molar-refractivity contribution in [1.29, 1.82) is 0 Å². The number of amides is 1. The molecule has 0 radical (unpaired) electrons. The van der Waals surface area contributed by atoms with E-state index < -0.39 is 23.5 Å². The summed E-state index contributed by atoms with van der Waals surface area (Å²) in [5.74, 6) is -0.168. The van der Waals surface area contributed by atoms with Gasteiger partial charge in [0.25, 0.3) is 0 Å². The number of alkyl halides is 3. The van der Waals surface area contributed by atoms with E-state index in [1.807, 2.05) is 0 Å². The minimum Gasteiger partial charge on any atom is -0.341 e. The van der Waals surface area contributed by atoms with Crippen molar-refractivity contribution in [3.05, 3.63) is 52.6 Å². The standard InChI is InChI=1S/C19H17F3N4O2/c1-11(17(27)25-6-3-7-25)26-15-9-13(10-23-16(15)24-18(26)28)12-4-2-5-14(8-12)19(20,21)22/h2,4-5,8-11H,3,6-7H2,1H3,(H,23,24,28)/t11-/m1/s1. The number of carbonyl (C=O) groups is 1. The van der Waals surface area contributed by atoms with Gasteiger partial charge in [-0.3, -0.25) is 14.3 Å². The predicted octanol–water partition coefficient (Wildman–Crippen LogP) is 3.20. The van der Waals surface area contributed by atoms with Gasteiger partial charge in [0, 0.05) is 24.8 Å². The molecule has 0 spiro atoms. The molecule has 9 heteroatoms. The number of likely N-dealkylation sites (tertiary alicyclic amines) is 1. The molecule has 0 aliphatic carbocycles. The Morgan fingerprint density at radius 1 is 1.21 bits per heavy atom. The van der Waals surface area contributed by atoms with Gasteiger partial charge in [0.2, 0.25) is 5.91 Å². The summed E-state index contributed by atoms with van der Waals surface area (Å²) in [4.78, 5) is 33.4. The Bertz CT molecular complexity index is 1110. The van der Waals surface area contributed by atoms with E-state index in [4.69, 9.17) is 0 Å². The van der Waals surface area contributed by atoms with Crippen molar-refractivity contribution in [2.75, 3.05) is 13.1 Å². The van der Waals surface area contributed by atoms with Crippen LogP contribution in [0.25, 0.3) is 22.3 Å². The van der Waals surface area contributed by atoms with E-state index in [1.54, 1.807) is 24.0 Å². The number of aromatic nitrogens is 3. The first-order valence-corrected chi connectivity index (χ1v) is 8.82. The molecule has 0 bridgehead atoms. The lowest BCUT2D eigenvalue weighted by Crippen LogP contribution is -2.46. The van der Waals surface area contributed by atoms with Crippen LogP contribution in [-0.2, 0) is 11.0 Å². The smallest absolute Gasteiger partial charge is 0.341 e. The van der Waals surface area contributed by atoms with Crippen LogP contribution in [0.4, 0.5) is 13.2 Å². The van der Waals surface area contributed by atoms with Crippen LogP contribution in [-0.4, -0.2) is 38.4 Å². The summed E-state index contributed by atoms with van der Waals surface area (Å²) in [6.45, 7) is 2.95. The van der Waals surface area contributed by atoms with Crippen molar-refractivity contribution in [2.45, 2.75) is 25.6 Å². The quantitative estimate of drug-likeness (QED) is 0.747. The summed E-state index contributed by atoms with van der Waals surface area (Å²) < 4.78 is 40.3. The Kier molecular flexibility index (Phi) is 4.24. The van der Waals surface area contributed by atoms with Crippen LogP contribution in [0, 0.1) is 0 Å². The third-order valence-corrected chi connectivity index (χ3v) is 5.01. The molecule has 1 amide bonds. The first kappa shape index (κ1) is 18.3. The number of rotatable bonds is 3. The van der Waals surface area contributed by atoms with Crippen LogP contribution in [0.3, 0.4) is 0 Å². The zero-order chi connectivity index (χ0) is 20.1. The molecule has 1 aliphatic heterocycles. The van der Waals surface area contributed by atoms with Crippen LogP contribution in [0.1, 0.15) is 24.9 Å². The maximum atomic E-state index is 13.0. The van der Waals surface area contributed by atoms with Crippen molar-refractivity contribution < 1.29 is 18.0 Å². The minimum absolute atomic E-state index is 0.168. The van der Waals surface area contributed by atoms with Gasteiger partial charge >= 0.3 is 11.9 Å². The molecule has 6 nitrogen and oxygen atoms in total. The Morgan fingerprint density at radius 2 is 1.96 bits per heavy atom. The molecule has 1 aromatic carbocycles. The van der Waals surface area contributed by atoms with Crippen molar-refractivity contribution in [1.82, 2.24) is 19.4 Å². The molecule has 1 atom stereocenters. The van der Waals surface area contributed by atoms with E-state index in [0.717, 1.165) is 18.6 Å². The molecule has 0 unspecified atom stereocenters. The van der Waals surface area contributed by atoms with Gasteiger partial charge < -0.3 is 4.90 Å². The highest BCUT2D eigenvalue weighted by atomic mass is 19.4. The number of H-pyrrole nitrogens is 1. The second kappa shape index (κ2) is 6.50. The van der Waals surface area contributed by atoms with Crippen molar-refractivity contribution in [3.8, 4) is 11.1 Å². The first-order valence-electron chi connectivity index (χ1n) is 8.82. The lowest BCUT2D eigenvalue weighted by Gasteiger charge is -2.33. The second-order valence-electron chi connectivity index (χ2n) is 6.83. The van der Waals surface area contributed by atoms with Crippen molar-refractivity contribution in [2.24, 2.45) is 0 Å². The Labute approximate surface area is 157 Å². The Hall–Kier alpha value is -3.10. The number of hydrogen-bond acceptors (Lipinski definition) is 3. The number of carbonyl (C=O) groups excluding carboxylic acids is 1. The molecule has 4 rings (SSSR count). The molecule has 1 N–H and O–H groups in total. The molecule has 146 valence electrons. The molecule has 1 saturated heterocycles. The van der Waals surface area contributed by atoms with E-state index in [2.05, 4.69) is 9.97 Å². The summed E-state index contributed by atoms with van der Waals surface area (Å²) in [6.07, 6.45) is -2.12. The van der Waals surface area contributed by atoms with Crippen LogP contribution < -0.4 is 5.69 Å². The SMILES string of the molecule is C[C@H](C(=O)N1CCC1)n1c(=O)[nH]c2ncc(-c3cccc(C(F)(F)F)c3)cc21. The van der Waals surface area contributed by atoms with Crippen LogP contribution >= 0.6 is 0 Å². The number of imidazole rings is 1. The maximum Gasteiger partial charge on any atom is 0.416 e. The van der Waals surface area contributed by atoms with Crippen molar-refractivity contribution in [3.63, 3.8) is 0 Å². The zero-order valence-electron chi connectivity index (χ0n) is 15.0. The zero-order valence-corrected chi connectivity index (χ0v) is 15.0. The number of fused-ring (bicyclic) bond motifs is 1. The van der Waals surface area contributed by atoms with E-state index in [9.17, 15) is 22.8 Å². The summed E-state index contributed by atoms with van der Waals surface area (Å²) in [5.41, 5.74) is 0.161. The lowest BCUT2D eigenvalue weighted by atomic mass is 10.0. The average Bonchev–Trinajstić information content (AvgIpc) is 2.93. The summed E-state index contributed by atoms with van der Waals surface area (Å²) in [7, 11) is 0. The number of pyridine rings is 1. The monoisotopic (exact) mass is 390 g/mol. The van der Waals surface area contributed by atoms with Gasteiger partial charge in [0.15, 0.2) is 5.65 Å². The highest BCUT2D eigenvalue weighted by molar-refractivity contribution is 5.84. The van der Waals surface area contributed by atoms with Crippen LogP contribution in [0.15, 0.2) is 41.3 Å². The third-order valence-electron chi connectivity index (χ3n) is 5.01. The number of hydrogen-bond donors (Lipinski definition) is 1.